The molecule has 3 nitrogen and oxygen atoms in total. The first-order valence-electron chi connectivity index (χ1n) is 15.3. The smallest absolute Gasteiger partial charge is 0.119 e. The largest absolute Gasteiger partial charge is 0.497 e. The second-order valence-electron chi connectivity index (χ2n) is 13.2. The summed E-state index contributed by atoms with van der Waals surface area (Å²) >= 11 is 0. The molecule has 4 bridgehead atoms. The van der Waals surface area contributed by atoms with Gasteiger partial charge in [0.1, 0.15) is 5.75 Å². The Kier molecular flexibility index (Phi) is 6.16. The molecule has 6 aliphatic rings. The predicted octanol–water partition coefficient (Wildman–Crippen LogP) is 6.42. The summed E-state index contributed by atoms with van der Waals surface area (Å²) in [5, 5.41) is 3.79. The summed E-state index contributed by atoms with van der Waals surface area (Å²) in [7, 11) is 4.12. The molecule has 2 heterocycles. The minimum absolute atomic E-state index is 0.456. The van der Waals surface area contributed by atoms with Crippen molar-refractivity contribution in [2.75, 3.05) is 27.2 Å². The quantitative estimate of drug-likeness (QED) is 0.491. The molecule has 2 aromatic carbocycles. The lowest BCUT2D eigenvalue weighted by atomic mass is 9.52. The molecule has 0 amide bonds. The Bertz CT molecular complexity index is 1140. The number of likely N-dealkylation sites (tertiary alicyclic amines) is 1. The Labute approximate surface area is 224 Å². The number of methoxy groups -OCH3 is 1. The third-order valence-corrected chi connectivity index (χ3v) is 11.9. The van der Waals surface area contributed by atoms with Crippen molar-refractivity contribution in [3.63, 3.8) is 0 Å². The van der Waals surface area contributed by atoms with Gasteiger partial charge in [0.15, 0.2) is 0 Å². The van der Waals surface area contributed by atoms with E-state index in [1.165, 1.54) is 90.1 Å². The van der Waals surface area contributed by atoms with Crippen LogP contribution in [0.3, 0.4) is 0 Å². The topological polar surface area (TPSA) is 24.5 Å². The van der Waals surface area contributed by atoms with Gasteiger partial charge in [0.25, 0.3) is 0 Å². The van der Waals surface area contributed by atoms with E-state index in [0.29, 0.717) is 10.8 Å². The summed E-state index contributed by atoms with van der Waals surface area (Å²) in [5.41, 5.74) is 7.55. The zero-order valence-electron chi connectivity index (χ0n) is 23.1. The average Bonchev–Trinajstić information content (AvgIpc) is 2.95. The van der Waals surface area contributed by atoms with Gasteiger partial charge in [0.05, 0.1) is 7.11 Å². The summed E-state index contributed by atoms with van der Waals surface area (Å²) in [5.74, 6) is 2.83. The second-order valence-corrected chi connectivity index (χ2v) is 13.2. The van der Waals surface area contributed by atoms with Crippen molar-refractivity contribution in [2.24, 2.45) is 11.8 Å². The predicted molar refractivity (Wildman–Crippen MR) is 152 cm³/mol. The van der Waals surface area contributed by atoms with Crippen molar-refractivity contribution < 1.29 is 4.74 Å². The van der Waals surface area contributed by atoms with Gasteiger partial charge in [-0.1, -0.05) is 56.0 Å². The molecule has 8 rings (SSSR count). The minimum atomic E-state index is 0.456. The first kappa shape index (κ1) is 24.2. The lowest BCUT2D eigenvalue weighted by molar-refractivity contribution is 0.00274. The van der Waals surface area contributed by atoms with Crippen LogP contribution in [0.25, 0.3) is 0 Å². The number of hydrogen-bond donors (Lipinski definition) is 1. The van der Waals surface area contributed by atoms with Crippen molar-refractivity contribution in [1.29, 1.82) is 0 Å². The van der Waals surface area contributed by atoms with Gasteiger partial charge < -0.3 is 15.0 Å². The number of rotatable bonds is 1. The molecule has 6 atom stereocenters. The molecule has 0 radical (unpaired) electrons. The number of nitrogens with zero attached hydrogens (tertiary/aromatic N) is 1. The molecular formula is C34H46N2O. The fourth-order valence-corrected chi connectivity index (χ4v) is 10.2. The molecule has 2 saturated heterocycles. The van der Waals surface area contributed by atoms with Crippen molar-refractivity contribution >= 4 is 0 Å². The molecule has 2 aromatic rings. The van der Waals surface area contributed by atoms with Crippen LogP contribution >= 0.6 is 0 Å². The van der Waals surface area contributed by atoms with Crippen LogP contribution < -0.4 is 10.1 Å². The molecule has 4 fully saturated rings. The molecule has 2 aliphatic heterocycles. The number of benzene rings is 2. The van der Waals surface area contributed by atoms with Crippen LogP contribution in [0.4, 0.5) is 0 Å². The van der Waals surface area contributed by atoms with Crippen molar-refractivity contribution in [3.05, 3.63) is 64.7 Å². The van der Waals surface area contributed by atoms with E-state index in [1.54, 1.807) is 29.4 Å². The van der Waals surface area contributed by atoms with Crippen LogP contribution in [-0.2, 0) is 23.7 Å². The molecule has 0 spiro atoms. The normalized spacial score (nSPS) is 37.6. The van der Waals surface area contributed by atoms with Crippen LogP contribution in [0, 0.1) is 11.8 Å². The van der Waals surface area contributed by atoms with E-state index >= 15 is 0 Å². The van der Waals surface area contributed by atoms with E-state index in [9.17, 15) is 0 Å². The highest BCUT2D eigenvalue weighted by atomic mass is 16.5. The third-order valence-electron chi connectivity index (χ3n) is 11.9. The van der Waals surface area contributed by atoms with Crippen molar-refractivity contribution in [1.82, 2.24) is 10.2 Å². The number of fused-ring (bicyclic) bond motifs is 2. The molecule has 0 aromatic heterocycles. The number of hydrogen-bond acceptors (Lipinski definition) is 3. The molecular weight excluding hydrogens is 452 g/mol. The van der Waals surface area contributed by atoms with Gasteiger partial charge in [-0.05, 0) is 118 Å². The van der Waals surface area contributed by atoms with Gasteiger partial charge >= 0.3 is 0 Å². The fraction of sp³-hybridized carbons (Fsp3) is 0.647. The van der Waals surface area contributed by atoms with E-state index in [0.717, 1.165) is 29.7 Å². The molecule has 37 heavy (non-hydrogen) atoms. The maximum atomic E-state index is 5.51. The fourth-order valence-electron chi connectivity index (χ4n) is 10.2. The van der Waals surface area contributed by atoms with E-state index in [2.05, 4.69) is 59.7 Å². The Morgan fingerprint density at radius 3 is 2.41 bits per heavy atom. The van der Waals surface area contributed by atoms with Gasteiger partial charge in [-0.2, -0.15) is 0 Å². The molecule has 2 saturated carbocycles. The highest BCUT2D eigenvalue weighted by Gasteiger charge is 2.53. The Morgan fingerprint density at radius 1 is 0.811 bits per heavy atom. The summed E-state index contributed by atoms with van der Waals surface area (Å²) < 4.78 is 5.51. The van der Waals surface area contributed by atoms with Crippen molar-refractivity contribution in [3.8, 4) is 5.75 Å². The molecule has 1 N–H and O–H groups in total. The Hall–Kier alpha value is -1.84. The van der Waals surface area contributed by atoms with Crippen molar-refractivity contribution in [2.45, 2.75) is 100.0 Å². The van der Waals surface area contributed by atoms with Crippen LogP contribution in [0.5, 0.6) is 5.75 Å². The highest BCUT2D eigenvalue weighted by molar-refractivity contribution is 5.46. The highest BCUT2D eigenvalue weighted by Crippen LogP contribution is 2.56. The maximum Gasteiger partial charge on any atom is 0.119 e. The minimum Gasteiger partial charge on any atom is -0.497 e. The number of nitrogens with one attached hydrogen (secondary N) is 1. The zero-order valence-corrected chi connectivity index (χ0v) is 23.1. The van der Waals surface area contributed by atoms with E-state index in [1.807, 2.05) is 0 Å². The van der Waals surface area contributed by atoms with Gasteiger partial charge in [-0.15, -0.1) is 0 Å². The molecule has 198 valence electrons. The van der Waals surface area contributed by atoms with E-state index in [4.69, 9.17) is 4.74 Å². The third kappa shape index (κ3) is 3.74. The number of likely N-dealkylation sites (N-methyl/N-ethyl adjacent to an activating group) is 1. The van der Waals surface area contributed by atoms with Crippen LogP contribution in [0.1, 0.15) is 86.5 Å². The molecule has 0 unspecified atom stereocenters. The van der Waals surface area contributed by atoms with Crippen LogP contribution in [-0.4, -0.2) is 44.2 Å². The zero-order chi connectivity index (χ0) is 25.0. The van der Waals surface area contributed by atoms with Gasteiger partial charge in [-0.25, -0.2) is 0 Å². The maximum absolute atomic E-state index is 5.51. The number of piperidine rings is 2. The Balaban J connectivity index is 0.000000126. The first-order chi connectivity index (χ1) is 18.1. The monoisotopic (exact) mass is 498 g/mol. The Morgan fingerprint density at radius 2 is 1.57 bits per heavy atom. The van der Waals surface area contributed by atoms with Gasteiger partial charge in [0.2, 0.25) is 0 Å². The lowest BCUT2D eigenvalue weighted by Crippen LogP contribution is -2.59. The molecule has 3 heteroatoms. The number of ether oxygens (including phenoxy) is 1. The van der Waals surface area contributed by atoms with Crippen LogP contribution in [0.2, 0.25) is 0 Å². The summed E-state index contributed by atoms with van der Waals surface area (Å²) in [6, 6.07) is 17.6. The summed E-state index contributed by atoms with van der Waals surface area (Å²) in [6.45, 7) is 2.49. The first-order valence-corrected chi connectivity index (χ1v) is 15.3. The SMILES string of the molecule is COc1ccc2c(c1)[C@]13CCCC[C@@H]1[C@H](C2)N(C)CC3.c1ccc2c(c1)C[C@H]1NCC[C@@]23CCCC[C@@H]13. The molecule has 4 aliphatic carbocycles. The van der Waals surface area contributed by atoms with E-state index < -0.39 is 0 Å². The summed E-state index contributed by atoms with van der Waals surface area (Å²) in [6.07, 6.45) is 16.6. The average molecular weight is 499 g/mol. The lowest BCUT2D eigenvalue weighted by Gasteiger charge is -2.58. The summed E-state index contributed by atoms with van der Waals surface area (Å²) in [4.78, 5) is 2.63. The van der Waals surface area contributed by atoms with Gasteiger partial charge in [-0.3, -0.25) is 0 Å². The van der Waals surface area contributed by atoms with Crippen LogP contribution in [0.15, 0.2) is 42.5 Å². The second kappa shape index (κ2) is 9.42. The standard InChI is InChI=1S/C18H25NO.C16H21N/c1-19-10-9-18-8-4-3-5-15(18)17(19)11-13-6-7-14(20-2)12-16(13)18;1-2-6-13-12(5-1)11-15-14-7-3-4-8-16(13,14)9-10-17-15/h6-7,12,15,17H,3-5,8-11H2,1-2H3;1-2,5-6,14-15,17H,3-4,7-11H2/t15-,17+,18+;14-,15+,16-/m10/s1. The van der Waals surface area contributed by atoms with Gasteiger partial charge in [0, 0.05) is 22.9 Å². The van der Waals surface area contributed by atoms with E-state index in [-0.39, 0.29) is 0 Å².